The molecule has 0 unspecified atom stereocenters. The maximum atomic E-state index is 13.3. The van der Waals surface area contributed by atoms with Crippen molar-refractivity contribution in [1.29, 1.82) is 0 Å². The number of urea groups is 1. The second-order valence-corrected chi connectivity index (χ2v) is 8.84. The maximum Gasteiger partial charge on any atom is 0.327 e. The van der Waals surface area contributed by atoms with Crippen LogP contribution in [0.5, 0.6) is 11.5 Å². The number of fused-ring (bicyclic) bond motifs is 1. The van der Waals surface area contributed by atoms with Crippen LogP contribution in [-0.4, -0.2) is 57.3 Å². The van der Waals surface area contributed by atoms with Gasteiger partial charge in [-0.1, -0.05) is 12.1 Å². The third-order valence-electron chi connectivity index (χ3n) is 6.10. The van der Waals surface area contributed by atoms with Gasteiger partial charge < -0.3 is 25.0 Å². The number of hydrogen-bond donors (Lipinski definition) is 2. The van der Waals surface area contributed by atoms with E-state index in [-0.39, 0.29) is 5.91 Å². The number of amides is 3. The van der Waals surface area contributed by atoms with Gasteiger partial charge in [0.2, 0.25) is 0 Å². The molecule has 0 aliphatic heterocycles. The van der Waals surface area contributed by atoms with Crippen LogP contribution in [0.3, 0.4) is 0 Å². The van der Waals surface area contributed by atoms with Gasteiger partial charge in [0, 0.05) is 55.2 Å². The predicted molar refractivity (Wildman–Crippen MR) is 150 cm³/mol. The summed E-state index contributed by atoms with van der Waals surface area (Å²) < 4.78 is 10.8. The number of nitrogens with zero attached hydrogens (tertiary/aromatic N) is 4. The number of carbonyl (C=O) groups excluding carboxylic acids is 2. The Morgan fingerprint density at radius 2 is 1.61 bits per heavy atom. The number of ether oxygens (including phenoxy) is 2. The molecule has 3 amide bonds. The summed E-state index contributed by atoms with van der Waals surface area (Å²) in [4.78, 5) is 38.2. The van der Waals surface area contributed by atoms with Crippen LogP contribution in [0.4, 0.5) is 27.7 Å². The van der Waals surface area contributed by atoms with Crippen LogP contribution in [-0.2, 0) is 0 Å². The zero-order chi connectivity index (χ0) is 27.4. The fourth-order valence-corrected chi connectivity index (χ4v) is 3.89. The number of hydrogen-bond acceptors (Lipinski definition) is 7. The van der Waals surface area contributed by atoms with Crippen molar-refractivity contribution in [1.82, 2.24) is 9.97 Å². The van der Waals surface area contributed by atoms with Gasteiger partial charge >= 0.3 is 6.03 Å². The zero-order valence-electron chi connectivity index (χ0n) is 22.2. The summed E-state index contributed by atoms with van der Waals surface area (Å²) in [7, 11) is 8.56. The van der Waals surface area contributed by atoms with E-state index in [2.05, 4.69) is 20.6 Å². The average Bonchev–Trinajstić information content (AvgIpc) is 2.92. The van der Waals surface area contributed by atoms with E-state index in [1.807, 2.05) is 50.2 Å². The monoisotopic (exact) mass is 514 g/mol. The van der Waals surface area contributed by atoms with Gasteiger partial charge in [0.1, 0.15) is 12.1 Å². The van der Waals surface area contributed by atoms with E-state index in [0.29, 0.717) is 45.2 Å². The normalized spacial score (nSPS) is 10.6. The number of nitrogens with one attached hydrogen (secondary N) is 2. The van der Waals surface area contributed by atoms with Crippen LogP contribution in [0.15, 0.2) is 60.9 Å². The van der Waals surface area contributed by atoms with E-state index < -0.39 is 6.03 Å². The Morgan fingerprint density at radius 1 is 0.868 bits per heavy atom. The lowest BCUT2D eigenvalue weighted by molar-refractivity contribution is 0.102. The summed E-state index contributed by atoms with van der Waals surface area (Å²) in [6.07, 6.45) is 1.38. The number of anilines is 4. The van der Waals surface area contributed by atoms with Gasteiger partial charge in [-0.2, -0.15) is 0 Å². The molecule has 10 nitrogen and oxygen atoms in total. The van der Waals surface area contributed by atoms with Crippen LogP contribution in [0, 0.1) is 6.92 Å². The molecule has 0 saturated carbocycles. The molecule has 38 heavy (non-hydrogen) atoms. The first-order chi connectivity index (χ1) is 18.2. The average molecular weight is 515 g/mol. The molecule has 2 N–H and O–H groups in total. The van der Waals surface area contributed by atoms with Gasteiger partial charge in [-0.25, -0.2) is 14.8 Å². The number of methoxy groups -OCH3 is 2. The fraction of sp³-hybridized carbons (Fsp3) is 0.214. The Labute approximate surface area is 221 Å². The third-order valence-corrected chi connectivity index (χ3v) is 6.10. The molecule has 0 aliphatic rings. The Balaban J connectivity index is 1.56. The molecule has 0 bridgehead atoms. The van der Waals surface area contributed by atoms with Crippen molar-refractivity contribution in [2.24, 2.45) is 0 Å². The van der Waals surface area contributed by atoms with Gasteiger partial charge in [-0.05, 0) is 48.9 Å². The van der Waals surface area contributed by atoms with Gasteiger partial charge in [0.25, 0.3) is 5.91 Å². The highest BCUT2D eigenvalue weighted by atomic mass is 16.5. The number of aryl methyl sites for hydroxylation is 1. The van der Waals surface area contributed by atoms with Crippen LogP contribution in [0.25, 0.3) is 10.9 Å². The van der Waals surface area contributed by atoms with E-state index in [1.165, 1.54) is 18.3 Å². The summed E-state index contributed by atoms with van der Waals surface area (Å²) in [5.41, 5.74) is 3.96. The summed E-state index contributed by atoms with van der Waals surface area (Å²) >= 11 is 0. The van der Waals surface area contributed by atoms with Crippen molar-refractivity contribution in [2.45, 2.75) is 6.92 Å². The zero-order valence-corrected chi connectivity index (χ0v) is 22.2. The molecule has 4 rings (SSSR count). The number of carbonyl (C=O) groups is 2. The SMILES string of the molecule is COc1cc2ncnc(N(C)C(=O)Nc3cc(C(=O)Nc4cccc(N(C)C)c4)ccc3C)c2cc1OC. The van der Waals surface area contributed by atoms with E-state index in [9.17, 15) is 9.59 Å². The van der Waals surface area contributed by atoms with Crippen molar-refractivity contribution >= 4 is 45.7 Å². The first-order valence-electron chi connectivity index (χ1n) is 11.8. The Kier molecular flexibility index (Phi) is 7.61. The second kappa shape index (κ2) is 11.0. The lowest BCUT2D eigenvalue weighted by Gasteiger charge is -2.20. The van der Waals surface area contributed by atoms with E-state index in [0.717, 1.165) is 11.3 Å². The van der Waals surface area contributed by atoms with Crippen molar-refractivity contribution < 1.29 is 19.1 Å². The number of benzene rings is 3. The van der Waals surface area contributed by atoms with Crippen LogP contribution in [0.1, 0.15) is 15.9 Å². The van der Waals surface area contributed by atoms with E-state index in [1.54, 1.807) is 44.5 Å². The van der Waals surface area contributed by atoms with Crippen molar-refractivity contribution in [3.8, 4) is 11.5 Å². The van der Waals surface area contributed by atoms with Crippen LogP contribution in [0.2, 0.25) is 0 Å². The highest BCUT2D eigenvalue weighted by Crippen LogP contribution is 2.34. The van der Waals surface area contributed by atoms with E-state index in [4.69, 9.17) is 9.47 Å². The third kappa shape index (κ3) is 5.44. The van der Waals surface area contributed by atoms with Gasteiger partial charge in [-0.3, -0.25) is 9.69 Å². The van der Waals surface area contributed by atoms with Crippen molar-refractivity contribution in [3.63, 3.8) is 0 Å². The quantitative estimate of drug-likeness (QED) is 0.359. The molecule has 196 valence electrons. The maximum absolute atomic E-state index is 13.3. The van der Waals surface area contributed by atoms with Crippen molar-refractivity contribution in [2.75, 3.05) is 55.8 Å². The highest BCUT2D eigenvalue weighted by molar-refractivity contribution is 6.08. The van der Waals surface area contributed by atoms with Crippen LogP contribution < -0.4 is 29.9 Å². The smallest absolute Gasteiger partial charge is 0.327 e. The second-order valence-electron chi connectivity index (χ2n) is 8.84. The standard InChI is InChI=1S/C28H30N6O4/c1-17-10-11-18(27(35)31-19-8-7-9-20(13-19)33(2)3)12-22(17)32-28(36)34(4)26-21-14-24(37-5)25(38-6)15-23(21)29-16-30-26/h7-16H,1-6H3,(H,31,35)(H,32,36). The molecule has 0 saturated heterocycles. The van der Waals surface area contributed by atoms with Gasteiger partial charge in [-0.15, -0.1) is 0 Å². The largest absolute Gasteiger partial charge is 0.493 e. The summed E-state index contributed by atoms with van der Waals surface area (Å²) in [6, 6.07) is 15.7. The fourth-order valence-electron chi connectivity index (χ4n) is 3.89. The molecule has 0 spiro atoms. The highest BCUT2D eigenvalue weighted by Gasteiger charge is 2.19. The molecule has 0 atom stereocenters. The first kappa shape index (κ1) is 26.2. The molecule has 4 aromatic rings. The molecule has 1 aromatic heterocycles. The molecule has 10 heteroatoms. The first-order valence-corrected chi connectivity index (χ1v) is 11.8. The molecule has 0 aliphatic carbocycles. The molecule has 0 fully saturated rings. The van der Waals surface area contributed by atoms with Gasteiger partial charge in [0.15, 0.2) is 11.5 Å². The lowest BCUT2D eigenvalue weighted by atomic mass is 10.1. The Hall–Kier alpha value is -4.86. The lowest BCUT2D eigenvalue weighted by Crippen LogP contribution is -2.32. The minimum absolute atomic E-state index is 0.285. The summed E-state index contributed by atoms with van der Waals surface area (Å²) in [6.45, 7) is 1.86. The molecular weight excluding hydrogens is 484 g/mol. The van der Waals surface area contributed by atoms with E-state index >= 15 is 0 Å². The summed E-state index contributed by atoms with van der Waals surface area (Å²) in [5.74, 6) is 1.12. The number of rotatable bonds is 7. The van der Waals surface area contributed by atoms with Crippen molar-refractivity contribution in [3.05, 3.63) is 72.1 Å². The van der Waals surface area contributed by atoms with Gasteiger partial charge in [0.05, 0.1) is 19.7 Å². The predicted octanol–water partition coefficient (Wildman–Crippen LogP) is 4.94. The Morgan fingerprint density at radius 3 is 2.32 bits per heavy atom. The molecular formula is C28H30N6O4. The Bertz CT molecular complexity index is 1500. The minimum Gasteiger partial charge on any atom is -0.493 e. The minimum atomic E-state index is -0.431. The summed E-state index contributed by atoms with van der Waals surface area (Å²) in [5, 5.41) is 6.42. The molecule has 0 radical (unpaired) electrons. The molecule has 1 heterocycles. The number of aromatic nitrogens is 2. The molecule has 3 aromatic carbocycles. The van der Waals surface area contributed by atoms with Crippen LogP contribution >= 0.6 is 0 Å². The topological polar surface area (TPSA) is 109 Å².